The molecule has 8 heteroatoms. The maximum atomic E-state index is 13.9. The third-order valence-electron chi connectivity index (χ3n) is 6.29. The Balaban J connectivity index is 1.09. The Morgan fingerprint density at radius 2 is 1.80 bits per heavy atom. The van der Waals surface area contributed by atoms with Crippen LogP contribution in [0.2, 0.25) is 0 Å². The van der Waals surface area contributed by atoms with Crippen molar-refractivity contribution in [1.29, 1.82) is 0 Å². The maximum Gasteiger partial charge on any atom is 0.220 e. The van der Waals surface area contributed by atoms with Crippen molar-refractivity contribution in [2.45, 2.75) is 32.6 Å². The molecule has 0 aliphatic carbocycles. The molecule has 1 amide bonds. The quantitative estimate of drug-likeness (QED) is 0.429. The molecule has 0 bridgehead atoms. The SMILES string of the molecule is Cc1cccc(N2CCN(CCCCNC(=O)CCc3ncc(-c4c(F)cccc4F)o3)CC2)c1. The van der Waals surface area contributed by atoms with Gasteiger partial charge in [0.15, 0.2) is 11.7 Å². The molecule has 4 rings (SSSR count). The molecule has 0 spiro atoms. The molecule has 3 aromatic rings. The summed E-state index contributed by atoms with van der Waals surface area (Å²) >= 11 is 0. The minimum Gasteiger partial charge on any atom is -0.441 e. The van der Waals surface area contributed by atoms with Crippen molar-refractivity contribution in [3.8, 4) is 11.3 Å². The summed E-state index contributed by atoms with van der Waals surface area (Å²) in [6.45, 7) is 7.95. The zero-order valence-corrected chi connectivity index (χ0v) is 20.1. The van der Waals surface area contributed by atoms with Crippen molar-refractivity contribution in [3.63, 3.8) is 0 Å². The molecule has 0 atom stereocenters. The first kappa shape index (κ1) is 24.9. The van der Waals surface area contributed by atoms with Gasteiger partial charge in [-0.3, -0.25) is 9.69 Å². The summed E-state index contributed by atoms with van der Waals surface area (Å²) in [6.07, 6.45) is 3.71. The second-order valence-electron chi connectivity index (χ2n) is 8.94. The van der Waals surface area contributed by atoms with E-state index in [9.17, 15) is 13.6 Å². The summed E-state index contributed by atoms with van der Waals surface area (Å²) in [5.41, 5.74) is 2.34. The van der Waals surface area contributed by atoms with Gasteiger partial charge in [-0.1, -0.05) is 18.2 Å². The summed E-state index contributed by atoms with van der Waals surface area (Å²) in [4.78, 5) is 21.1. The van der Waals surface area contributed by atoms with Crippen molar-refractivity contribution >= 4 is 11.6 Å². The molecule has 1 aliphatic rings. The molecule has 1 saturated heterocycles. The Morgan fingerprint density at radius 1 is 1.06 bits per heavy atom. The van der Waals surface area contributed by atoms with E-state index >= 15 is 0 Å². The lowest BCUT2D eigenvalue weighted by atomic mass is 10.1. The Morgan fingerprint density at radius 3 is 2.54 bits per heavy atom. The molecule has 1 fully saturated rings. The van der Waals surface area contributed by atoms with Crippen LogP contribution in [0.3, 0.4) is 0 Å². The van der Waals surface area contributed by atoms with Crippen LogP contribution in [0, 0.1) is 18.6 Å². The number of halogens is 2. The number of aromatic nitrogens is 1. The fourth-order valence-corrected chi connectivity index (χ4v) is 4.33. The smallest absolute Gasteiger partial charge is 0.220 e. The highest BCUT2D eigenvalue weighted by molar-refractivity contribution is 5.76. The summed E-state index contributed by atoms with van der Waals surface area (Å²) in [5, 5.41) is 2.93. The summed E-state index contributed by atoms with van der Waals surface area (Å²) in [5.74, 6) is -1.20. The van der Waals surface area contributed by atoms with E-state index in [1.54, 1.807) is 0 Å². The number of carbonyl (C=O) groups is 1. The van der Waals surface area contributed by atoms with Gasteiger partial charge in [0.05, 0.1) is 11.8 Å². The monoisotopic (exact) mass is 482 g/mol. The number of benzene rings is 2. The van der Waals surface area contributed by atoms with Crippen molar-refractivity contribution in [3.05, 3.63) is 71.8 Å². The molecule has 0 radical (unpaired) electrons. The molecular weight excluding hydrogens is 450 g/mol. The van der Waals surface area contributed by atoms with Crippen LogP contribution in [0.4, 0.5) is 14.5 Å². The van der Waals surface area contributed by atoms with E-state index < -0.39 is 11.6 Å². The lowest BCUT2D eigenvalue weighted by molar-refractivity contribution is -0.121. The highest BCUT2D eigenvalue weighted by Gasteiger charge is 2.18. The fraction of sp³-hybridized carbons (Fsp3) is 0.407. The molecule has 2 heterocycles. The number of carbonyl (C=O) groups excluding carboxylic acids is 1. The molecule has 1 aliphatic heterocycles. The van der Waals surface area contributed by atoms with E-state index in [0.717, 1.165) is 45.6 Å². The Labute approximate surface area is 204 Å². The standard InChI is InChI=1S/C27H32F2N4O2/c1-20-6-4-7-21(18-20)33-16-14-32(15-17-33)13-3-2-12-30-25(34)10-11-26-31-19-24(35-26)27-22(28)8-5-9-23(27)29/h4-9,18-19H,2-3,10-17H2,1H3,(H,30,34). The molecule has 6 nitrogen and oxygen atoms in total. The predicted molar refractivity (Wildman–Crippen MR) is 132 cm³/mol. The second-order valence-corrected chi connectivity index (χ2v) is 8.94. The largest absolute Gasteiger partial charge is 0.441 e. The van der Waals surface area contributed by atoms with Gasteiger partial charge in [0, 0.05) is 51.3 Å². The first-order valence-electron chi connectivity index (χ1n) is 12.2. The molecule has 1 N–H and O–H groups in total. The zero-order chi connectivity index (χ0) is 24.6. The van der Waals surface area contributed by atoms with Crippen molar-refractivity contribution in [2.24, 2.45) is 0 Å². The first-order valence-corrected chi connectivity index (χ1v) is 12.2. The highest BCUT2D eigenvalue weighted by atomic mass is 19.1. The molecule has 1 aromatic heterocycles. The van der Waals surface area contributed by atoms with Crippen LogP contribution in [-0.4, -0.2) is 55.1 Å². The van der Waals surface area contributed by atoms with Crippen LogP contribution >= 0.6 is 0 Å². The lowest BCUT2D eigenvalue weighted by Crippen LogP contribution is -2.46. The number of nitrogens with one attached hydrogen (secondary N) is 1. The molecule has 35 heavy (non-hydrogen) atoms. The number of amides is 1. The number of hydrogen-bond donors (Lipinski definition) is 1. The molecule has 186 valence electrons. The van der Waals surface area contributed by atoms with Gasteiger partial charge in [0.2, 0.25) is 5.91 Å². The van der Waals surface area contributed by atoms with Crippen molar-refractivity contribution < 1.29 is 18.0 Å². The lowest BCUT2D eigenvalue weighted by Gasteiger charge is -2.36. The van der Waals surface area contributed by atoms with Crippen LogP contribution in [-0.2, 0) is 11.2 Å². The second kappa shape index (κ2) is 11.9. The highest BCUT2D eigenvalue weighted by Crippen LogP contribution is 2.26. The molecule has 0 saturated carbocycles. The minimum absolute atomic E-state index is 0.0238. The predicted octanol–water partition coefficient (Wildman–Crippen LogP) is 4.58. The Kier molecular flexibility index (Phi) is 8.47. The molecular formula is C27H32F2N4O2. The Hall–Kier alpha value is -3.26. The fourth-order valence-electron chi connectivity index (χ4n) is 4.33. The summed E-state index contributed by atoms with van der Waals surface area (Å²) < 4.78 is 33.2. The van der Waals surface area contributed by atoms with E-state index in [2.05, 4.69) is 51.3 Å². The van der Waals surface area contributed by atoms with Gasteiger partial charge in [0.25, 0.3) is 0 Å². The van der Waals surface area contributed by atoms with Gasteiger partial charge in [0.1, 0.15) is 11.6 Å². The number of unbranched alkanes of at least 4 members (excludes halogenated alkanes) is 1. The third kappa shape index (κ3) is 6.88. The number of hydrogen-bond acceptors (Lipinski definition) is 5. The van der Waals surface area contributed by atoms with Crippen LogP contribution in [0.5, 0.6) is 0 Å². The number of oxazole rings is 1. The average Bonchev–Trinajstić information content (AvgIpc) is 3.31. The van der Waals surface area contributed by atoms with Crippen LogP contribution in [0.25, 0.3) is 11.3 Å². The number of anilines is 1. The topological polar surface area (TPSA) is 61.6 Å². The average molecular weight is 483 g/mol. The van der Waals surface area contributed by atoms with Crippen LogP contribution in [0.15, 0.2) is 53.1 Å². The number of rotatable bonds is 10. The van der Waals surface area contributed by atoms with Crippen molar-refractivity contribution in [2.75, 3.05) is 44.2 Å². The van der Waals surface area contributed by atoms with Crippen molar-refractivity contribution in [1.82, 2.24) is 15.2 Å². The van der Waals surface area contributed by atoms with Gasteiger partial charge >= 0.3 is 0 Å². The van der Waals surface area contributed by atoms with Gasteiger partial charge in [-0.15, -0.1) is 0 Å². The first-order chi connectivity index (χ1) is 17.0. The van der Waals surface area contributed by atoms with Crippen LogP contribution in [0.1, 0.15) is 30.7 Å². The van der Waals surface area contributed by atoms with E-state index in [0.29, 0.717) is 6.54 Å². The van der Waals surface area contributed by atoms with Gasteiger partial charge in [-0.25, -0.2) is 13.8 Å². The van der Waals surface area contributed by atoms with E-state index in [4.69, 9.17) is 4.42 Å². The number of piperazine rings is 1. The number of nitrogens with zero attached hydrogens (tertiary/aromatic N) is 3. The molecule has 0 unspecified atom stereocenters. The third-order valence-corrected chi connectivity index (χ3v) is 6.29. The maximum absolute atomic E-state index is 13.9. The summed E-state index contributed by atoms with van der Waals surface area (Å²) in [6, 6.07) is 12.3. The zero-order valence-electron chi connectivity index (χ0n) is 20.1. The van der Waals surface area contributed by atoms with Gasteiger partial charge in [-0.2, -0.15) is 0 Å². The van der Waals surface area contributed by atoms with Gasteiger partial charge in [-0.05, 0) is 56.1 Å². The van der Waals surface area contributed by atoms with E-state index in [1.807, 2.05) is 0 Å². The van der Waals surface area contributed by atoms with E-state index in [1.165, 1.54) is 35.6 Å². The van der Waals surface area contributed by atoms with E-state index in [-0.39, 0.29) is 36.0 Å². The van der Waals surface area contributed by atoms with Crippen LogP contribution < -0.4 is 10.2 Å². The Bertz CT molecular complexity index is 1110. The van der Waals surface area contributed by atoms with Gasteiger partial charge < -0.3 is 14.6 Å². The minimum atomic E-state index is -0.710. The summed E-state index contributed by atoms with van der Waals surface area (Å²) in [7, 11) is 0. The molecule has 2 aromatic carbocycles. The number of aryl methyl sites for hydroxylation is 2. The normalized spacial score (nSPS) is 14.3.